The van der Waals surface area contributed by atoms with Crippen LogP contribution in [-0.2, 0) is 10.0 Å². The predicted molar refractivity (Wildman–Crippen MR) is 96.7 cm³/mol. The summed E-state index contributed by atoms with van der Waals surface area (Å²) in [6.45, 7) is 1.37. The van der Waals surface area contributed by atoms with Crippen molar-refractivity contribution in [2.24, 2.45) is 0 Å². The van der Waals surface area contributed by atoms with Crippen molar-refractivity contribution in [3.05, 3.63) is 59.9 Å². The highest BCUT2D eigenvalue weighted by Gasteiger charge is 2.34. The van der Waals surface area contributed by atoms with E-state index < -0.39 is 16.1 Å². The minimum atomic E-state index is -3.68. The van der Waals surface area contributed by atoms with Gasteiger partial charge in [0, 0.05) is 39.4 Å². The number of rotatable bonds is 4. The summed E-state index contributed by atoms with van der Waals surface area (Å²) >= 11 is 0. The molecule has 1 unspecified atom stereocenters. The quantitative estimate of drug-likeness (QED) is 0.905. The summed E-state index contributed by atoms with van der Waals surface area (Å²) in [6, 6.07) is 12.6. The highest BCUT2D eigenvalue weighted by Crippen LogP contribution is 2.30. The van der Waals surface area contributed by atoms with Gasteiger partial charge in [-0.3, -0.25) is 0 Å². The molecule has 7 heteroatoms. The van der Waals surface area contributed by atoms with Gasteiger partial charge in [0.15, 0.2) is 0 Å². The van der Waals surface area contributed by atoms with E-state index in [9.17, 15) is 12.8 Å². The molecular formula is C18H22FN3O2S. The Morgan fingerprint density at radius 3 is 2.64 bits per heavy atom. The first kappa shape index (κ1) is 17.8. The van der Waals surface area contributed by atoms with Gasteiger partial charge in [-0.2, -0.15) is 4.31 Å². The number of hydrogen-bond acceptors (Lipinski definition) is 4. The lowest BCUT2D eigenvalue weighted by Gasteiger charge is -2.35. The van der Waals surface area contributed by atoms with Crippen LogP contribution in [0.4, 0.5) is 10.1 Å². The second-order valence-corrected chi connectivity index (χ2v) is 8.17. The molecule has 25 heavy (non-hydrogen) atoms. The van der Waals surface area contributed by atoms with E-state index >= 15 is 0 Å². The smallest absolute Gasteiger partial charge is 0.243 e. The molecule has 0 aromatic heterocycles. The SMILES string of the molecule is CN(C)c1cccc(S(=O)(=O)N2CCNCC2c2cccc(F)c2)c1. The van der Waals surface area contributed by atoms with Crippen LogP contribution in [0.15, 0.2) is 53.4 Å². The highest BCUT2D eigenvalue weighted by atomic mass is 32.2. The third kappa shape index (κ3) is 3.68. The standard InChI is InChI=1S/C18H22FN3O2S/c1-21(2)16-7-4-8-17(12-16)25(23,24)22-10-9-20-13-18(22)14-5-3-6-15(19)11-14/h3-8,11-12,18,20H,9-10,13H2,1-2H3. The lowest BCUT2D eigenvalue weighted by Crippen LogP contribution is -2.48. The topological polar surface area (TPSA) is 52.7 Å². The Morgan fingerprint density at radius 2 is 1.92 bits per heavy atom. The maximum absolute atomic E-state index is 13.6. The fraction of sp³-hybridized carbons (Fsp3) is 0.333. The van der Waals surface area contributed by atoms with Gasteiger partial charge in [0.2, 0.25) is 10.0 Å². The number of halogens is 1. The van der Waals surface area contributed by atoms with E-state index in [4.69, 9.17) is 0 Å². The Bertz CT molecular complexity index is 855. The van der Waals surface area contributed by atoms with Crippen molar-refractivity contribution in [2.75, 3.05) is 38.6 Å². The second-order valence-electron chi connectivity index (χ2n) is 6.28. The van der Waals surface area contributed by atoms with Crippen molar-refractivity contribution in [3.63, 3.8) is 0 Å². The second kappa shape index (κ2) is 7.11. The number of piperazine rings is 1. The molecular weight excluding hydrogens is 341 g/mol. The fourth-order valence-corrected chi connectivity index (χ4v) is 4.68. The molecule has 2 aromatic carbocycles. The maximum Gasteiger partial charge on any atom is 0.243 e. The summed E-state index contributed by atoms with van der Waals surface area (Å²) in [5.74, 6) is -0.366. The molecule has 5 nitrogen and oxygen atoms in total. The molecule has 0 radical (unpaired) electrons. The molecule has 0 bridgehead atoms. The Hall–Kier alpha value is -1.96. The average molecular weight is 363 g/mol. The molecule has 2 aromatic rings. The molecule has 1 fully saturated rings. The van der Waals surface area contributed by atoms with Crippen LogP contribution in [-0.4, -0.2) is 46.5 Å². The van der Waals surface area contributed by atoms with E-state index in [0.717, 1.165) is 5.69 Å². The van der Waals surface area contributed by atoms with E-state index in [1.165, 1.54) is 16.4 Å². The van der Waals surface area contributed by atoms with Crippen LogP contribution in [0.3, 0.4) is 0 Å². The molecule has 0 amide bonds. The van der Waals surface area contributed by atoms with Crippen LogP contribution in [0.1, 0.15) is 11.6 Å². The number of hydrogen-bond donors (Lipinski definition) is 1. The number of anilines is 1. The third-order valence-corrected chi connectivity index (χ3v) is 6.27. The molecule has 0 aliphatic carbocycles. The van der Waals surface area contributed by atoms with Crippen LogP contribution in [0.2, 0.25) is 0 Å². The van der Waals surface area contributed by atoms with Gasteiger partial charge in [-0.15, -0.1) is 0 Å². The maximum atomic E-state index is 13.6. The van der Waals surface area contributed by atoms with Crippen molar-refractivity contribution in [1.82, 2.24) is 9.62 Å². The first-order valence-electron chi connectivity index (χ1n) is 8.15. The van der Waals surface area contributed by atoms with Gasteiger partial charge in [0.25, 0.3) is 0 Å². The van der Waals surface area contributed by atoms with Crippen LogP contribution in [0.5, 0.6) is 0 Å². The van der Waals surface area contributed by atoms with E-state index in [0.29, 0.717) is 25.2 Å². The van der Waals surface area contributed by atoms with Gasteiger partial charge in [0.05, 0.1) is 10.9 Å². The van der Waals surface area contributed by atoms with Crippen molar-refractivity contribution < 1.29 is 12.8 Å². The summed E-state index contributed by atoms with van der Waals surface area (Å²) < 4.78 is 41.5. The molecule has 1 aliphatic rings. The van der Waals surface area contributed by atoms with Crippen LogP contribution < -0.4 is 10.2 Å². The van der Waals surface area contributed by atoms with Gasteiger partial charge in [-0.05, 0) is 35.9 Å². The Kier molecular flexibility index (Phi) is 5.08. The van der Waals surface area contributed by atoms with Crippen LogP contribution >= 0.6 is 0 Å². The normalized spacial score (nSPS) is 18.9. The van der Waals surface area contributed by atoms with Crippen molar-refractivity contribution in [1.29, 1.82) is 0 Å². The average Bonchev–Trinajstić information content (AvgIpc) is 2.62. The van der Waals surface area contributed by atoms with Crippen LogP contribution in [0, 0.1) is 5.82 Å². The summed E-state index contributed by atoms with van der Waals surface area (Å²) in [5.41, 5.74) is 1.47. The molecule has 0 spiro atoms. The number of sulfonamides is 1. The number of benzene rings is 2. The van der Waals surface area contributed by atoms with Crippen molar-refractivity contribution in [2.45, 2.75) is 10.9 Å². The third-order valence-electron chi connectivity index (χ3n) is 4.37. The predicted octanol–water partition coefficient (Wildman–Crippen LogP) is 2.23. The van der Waals surface area contributed by atoms with Gasteiger partial charge in [0.1, 0.15) is 5.82 Å². The zero-order valence-corrected chi connectivity index (χ0v) is 15.1. The van der Waals surface area contributed by atoms with Crippen molar-refractivity contribution >= 4 is 15.7 Å². The fourth-order valence-electron chi connectivity index (χ4n) is 3.03. The summed E-state index contributed by atoms with van der Waals surface area (Å²) in [7, 11) is 0.0503. The van der Waals surface area contributed by atoms with Gasteiger partial charge in [-0.1, -0.05) is 18.2 Å². The summed E-state index contributed by atoms with van der Waals surface area (Å²) in [4.78, 5) is 2.11. The summed E-state index contributed by atoms with van der Waals surface area (Å²) in [6.07, 6.45) is 0. The van der Waals surface area contributed by atoms with E-state index in [2.05, 4.69) is 5.32 Å². The van der Waals surface area contributed by atoms with Gasteiger partial charge >= 0.3 is 0 Å². The van der Waals surface area contributed by atoms with Gasteiger partial charge in [-0.25, -0.2) is 12.8 Å². The molecule has 0 saturated carbocycles. The lowest BCUT2D eigenvalue weighted by molar-refractivity contribution is 0.271. The molecule has 1 saturated heterocycles. The van der Waals surface area contributed by atoms with E-state index in [1.807, 2.05) is 25.1 Å². The Labute approximate surface area is 148 Å². The number of nitrogens with zero attached hydrogens (tertiary/aromatic N) is 2. The first-order chi connectivity index (χ1) is 11.9. The minimum Gasteiger partial charge on any atom is -0.378 e. The van der Waals surface area contributed by atoms with E-state index in [-0.39, 0.29) is 10.7 Å². The number of nitrogens with one attached hydrogen (secondary N) is 1. The zero-order valence-electron chi connectivity index (χ0n) is 14.3. The first-order valence-corrected chi connectivity index (χ1v) is 9.59. The zero-order chi connectivity index (χ0) is 18.0. The van der Waals surface area contributed by atoms with Crippen LogP contribution in [0.25, 0.3) is 0 Å². The molecule has 1 atom stereocenters. The van der Waals surface area contributed by atoms with E-state index in [1.54, 1.807) is 30.3 Å². The summed E-state index contributed by atoms with van der Waals surface area (Å²) in [5, 5.41) is 3.20. The molecule has 3 rings (SSSR count). The monoisotopic (exact) mass is 363 g/mol. The molecule has 134 valence electrons. The molecule has 1 heterocycles. The van der Waals surface area contributed by atoms with Crippen molar-refractivity contribution in [3.8, 4) is 0 Å². The molecule has 1 N–H and O–H groups in total. The Morgan fingerprint density at radius 1 is 1.16 bits per heavy atom. The minimum absolute atomic E-state index is 0.252. The highest BCUT2D eigenvalue weighted by molar-refractivity contribution is 7.89. The lowest BCUT2D eigenvalue weighted by atomic mass is 10.1. The molecule has 1 aliphatic heterocycles. The largest absolute Gasteiger partial charge is 0.378 e. The van der Waals surface area contributed by atoms with Gasteiger partial charge < -0.3 is 10.2 Å². The Balaban J connectivity index is 2.00.